The zero-order valence-corrected chi connectivity index (χ0v) is 15.3. The summed E-state index contributed by atoms with van der Waals surface area (Å²) in [5.41, 5.74) is 3.03. The van der Waals surface area contributed by atoms with Gasteiger partial charge in [-0.05, 0) is 31.2 Å². The van der Waals surface area contributed by atoms with E-state index in [0.29, 0.717) is 12.6 Å². The molecule has 8 heteroatoms. The van der Waals surface area contributed by atoms with Crippen molar-refractivity contribution in [2.45, 2.75) is 29.8 Å². The van der Waals surface area contributed by atoms with Gasteiger partial charge in [-0.2, -0.15) is 0 Å². The Kier molecular flexibility index (Phi) is 3.60. The number of thiazole rings is 1. The Morgan fingerprint density at radius 2 is 2.12 bits per heavy atom. The van der Waals surface area contributed by atoms with Crippen LogP contribution in [0.1, 0.15) is 24.7 Å². The molecular weight excluding hydrogens is 352 g/mol. The van der Waals surface area contributed by atoms with E-state index in [1.165, 1.54) is 18.4 Å². The lowest BCUT2D eigenvalue weighted by molar-refractivity contribution is 0.711. The van der Waals surface area contributed by atoms with Gasteiger partial charge < -0.3 is 9.88 Å². The minimum absolute atomic E-state index is 0.584. The van der Waals surface area contributed by atoms with Gasteiger partial charge in [-0.15, -0.1) is 11.3 Å². The number of anilines is 1. The maximum absolute atomic E-state index is 4.83. The van der Waals surface area contributed by atoms with Crippen molar-refractivity contribution >= 4 is 50.3 Å². The molecule has 1 saturated carbocycles. The number of hydrogen-bond acceptors (Lipinski definition) is 7. The normalized spacial score (nSPS) is 14.4. The summed E-state index contributed by atoms with van der Waals surface area (Å²) in [6, 6.07) is 8.94. The van der Waals surface area contributed by atoms with Crippen LogP contribution in [0.15, 0.2) is 34.9 Å². The molecule has 3 heterocycles. The van der Waals surface area contributed by atoms with Crippen molar-refractivity contribution in [1.82, 2.24) is 24.5 Å². The van der Waals surface area contributed by atoms with Crippen LogP contribution < -0.4 is 5.32 Å². The Labute approximate surface area is 152 Å². The van der Waals surface area contributed by atoms with Gasteiger partial charge in [0, 0.05) is 6.04 Å². The topological polar surface area (TPSA) is 68.5 Å². The third-order valence-corrected chi connectivity index (χ3v) is 6.38. The lowest BCUT2D eigenvalue weighted by Gasteiger charge is -2.09. The number of para-hydroxylation sites is 2. The SMILES string of the molecule is CSc1nc2ncnc(NCc3nc4ccccc4n3C3CC3)c2s1. The zero-order valence-electron chi connectivity index (χ0n) is 13.6. The van der Waals surface area contributed by atoms with Gasteiger partial charge in [0.25, 0.3) is 0 Å². The molecule has 6 nitrogen and oxygen atoms in total. The first-order valence-corrected chi connectivity index (χ1v) is 10.2. The summed E-state index contributed by atoms with van der Waals surface area (Å²) in [4.78, 5) is 18.0. The van der Waals surface area contributed by atoms with E-state index in [4.69, 9.17) is 4.98 Å². The summed E-state index contributed by atoms with van der Waals surface area (Å²) in [6.07, 6.45) is 6.06. The fraction of sp³-hybridized carbons (Fsp3) is 0.294. The Bertz CT molecular complexity index is 1070. The number of imidazole rings is 1. The molecule has 1 aliphatic rings. The van der Waals surface area contributed by atoms with Crippen molar-refractivity contribution in [3.05, 3.63) is 36.4 Å². The number of hydrogen-bond donors (Lipinski definition) is 1. The third kappa shape index (κ3) is 2.65. The van der Waals surface area contributed by atoms with Crippen LogP contribution in [-0.2, 0) is 6.54 Å². The van der Waals surface area contributed by atoms with Crippen LogP contribution >= 0.6 is 23.1 Å². The van der Waals surface area contributed by atoms with Crippen molar-refractivity contribution in [3.8, 4) is 0 Å². The summed E-state index contributed by atoms with van der Waals surface area (Å²) in [5, 5.41) is 3.45. The summed E-state index contributed by atoms with van der Waals surface area (Å²) in [7, 11) is 0. The van der Waals surface area contributed by atoms with Crippen molar-refractivity contribution in [2.75, 3.05) is 11.6 Å². The van der Waals surface area contributed by atoms with Gasteiger partial charge in [0.15, 0.2) is 9.99 Å². The molecule has 5 rings (SSSR count). The predicted octanol–water partition coefficient (Wildman–Crippen LogP) is 4.10. The second-order valence-corrected chi connectivity index (χ2v) is 8.08. The van der Waals surface area contributed by atoms with Crippen molar-refractivity contribution in [3.63, 3.8) is 0 Å². The van der Waals surface area contributed by atoms with E-state index in [2.05, 4.69) is 43.0 Å². The Morgan fingerprint density at radius 3 is 2.96 bits per heavy atom. The molecule has 1 fully saturated rings. The average Bonchev–Trinajstić information content (AvgIpc) is 3.27. The van der Waals surface area contributed by atoms with Gasteiger partial charge in [-0.25, -0.2) is 19.9 Å². The van der Waals surface area contributed by atoms with Gasteiger partial charge in [0.2, 0.25) is 0 Å². The van der Waals surface area contributed by atoms with Crippen molar-refractivity contribution in [2.24, 2.45) is 0 Å². The second-order valence-electron chi connectivity index (χ2n) is 6.03. The highest BCUT2D eigenvalue weighted by molar-refractivity contribution is 8.00. The molecule has 1 aromatic carbocycles. The van der Waals surface area contributed by atoms with Gasteiger partial charge >= 0.3 is 0 Å². The molecule has 0 bridgehead atoms. The number of aromatic nitrogens is 5. The molecule has 0 aliphatic heterocycles. The highest BCUT2D eigenvalue weighted by atomic mass is 32.2. The van der Waals surface area contributed by atoms with Crippen LogP contribution in [0.4, 0.5) is 5.82 Å². The maximum Gasteiger partial charge on any atom is 0.176 e. The molecule has 0 spiro atoms. The Hall–Kier alpha value is -2.19. The number of rotatable bonds is 5. The van der Waals surface area contributed by atoms with E-state index in [9.17, 15) is 0 Å². The Morgan fingerprint density at radius 1 is 1.24 bits per heavy atom. The first kappa shape index (κ1) is 15.1. The molecule has 0 atom stereocenters. The lowest BCUT2D eigenvalue weighted by atomic mass is 10.3. The van der Waals surface area contributed by atoms with Gasteiger partial charge in [-0.3, -0.25) is 0 Å². The zero-order chi connectivity index (χ0) is 16.8. The highest BCUT2D eigenvalue weighted by Crippen LogP contribution is 2.39. The molecule has 1 N–H and O–H groups in total. The van der Waals surface area contributed by atoms with Crippen molar-refractivity contribution in [1.29, 1.82) is 0 Å². The van der Waals surface area contributed by atoms with Crippen LogP contribution in [0.3, 0.4) is 0 Å². The van der Waals surface area contributed by atoms with Crippen LogP contribution in [0.5, 0.6) is 0 Å². The van der Waals surface area contributed by atoms with E-state index < -0.39 is 0 Å². The minimum Gasteiger partial charge on any atom is -0.361 e. The van der Waals surface area contributed by atoms with Crippen LogP contribution in [0.25, 0.3) is 21.4 Å². The first-order valence-electron chi connectivity index (χ1n) is 8.19. The van der Waals surface area contributed by atoms with Crippen LogP contribution in [0.2, 0.25) is 0 Å². The van der Waals surface area contributed by atoms with E-state index >= 15 is 0 Å². The predicted molar refractivity (Wildman–Crippen MR) is 102 cm³/mol. The molecular formula is C17H16N6S2. The molecule has 0 unspecified atom stereocenters. The number of nitrogens with zero attached hydrogens (tertiary/aromatic N) is 5. The Balaban J connectivity index is 1.50. The molecule has 3 aromatic heterocycles. The number of fused-ring (bicyclic) bond motifs is 2. The molecule has 4 aromatic rings. The molecule has 126 valence electrons. The molecule has 25 heavy (non-hydrogen) atoms. The average molecular weight is 368 g/mol. The lowest BCUT2D eigenvalue weighted by Crippen LogP contribution is -2.09. The molecule has 0 radical (unpaired) electrons. The fourth-order valence-electron chi connectivity index (χ4n) is 3.07. The third-order valence-electron chi connectivity index (χ3n) is 4.34. The maximum atomic E-state index is 4.83. The van der Waals surface area contributed by atoms with Gasteiger partial charge in [0.1, 0.15) is 22.7 Å². The van der Waals surface area contributed by atoms with E-state index in [0.717, 1.165) is 31.8 Å². The number of nitrogens with one attached hydrogen (secondary N) is 1. The molecule has 0 saturated heterocycles. The second kappa shape index (κ2) is 5.96. The van der Waals surface area contributed by atoms with Gasteiger partial charge in [-0.1, -0.05) is 23.9 Å². The summed E-state index contributed by atoms with van der Waals surface area (Å²) < 4.78 is 4.38. The van der Waals surface area contributed by atoms with E-state index in [-0.39, 0.29) is 0 Å². The summed E-state index contributed by atoms with van der Waals surface area (Å²) >= 11 is 3.25. The fourth-order valence-corrected chi connectivity index (χ4v) is 4.55. The number of benzene rings is 1. The standard InChI is InChI=1S/C17H16N6S2/c1-24-17-22-16-14(25-17)15(19-9-20-16)18-8-13-21-11-4-2-3-5-12(11)23(13)10-6-7-10/h2-5,9-10H,6-8H2,1H3,(H,18,19,20). The van der Waals surface area contributed by atoms with Crippen LogP contribution in [0, 0.1) is 0 Å². The van der Waals surface area contributed by atoms with Gasteiger partial charge in [0.05, 0.1) is 17.6 Å². The monoisotopic (exact) mass is 368 g/mol. The quantitative estimate of drug-likeness (QED) is 0.535. The number of thioether (sulfide) groups is 1. The van der Waals surface area contributed by atoms with E-state index in [1.54, 1.807) is 29.4 Å². The minimum atomic E-state index is 0.584. The van der Waals surface area contributed by atoms with E-state index in [1.807, 2.05) is 12.3 Å². The summed E-state index contributed by atoms with van der Waals surface area (Å²) in [5.74, 6) is 1.89. The smallest absolute Gasteiger partial charge is 0.176 e. The summed E-state index contributed by atoms with van der Waals surface area (Å²) in [6.45, 7) is 0.643. The van der Waals surface area contributed by atoms with Crippen LogP contribution in [-0.4, -0.2) is 30.8 Å². The highest BCUT2D eigenvalue weighted by Gasteiger charge is 2.28. The molecule has 1 aliphatic carbocycles. The first-order chi connectivity index (χ1) is 12.3. The largest absolute Gasteiger partial charge is 0.361 e. The molecule has 0 amide bonds. The van der Waals surface area contributed by atoms with Crippen molar-refractivity contribution < 1.29 is 0 Å².